The minimum absolute atomic E-state index is 0.0391. The van der Waals surface area contributed by atoms with Crippen LogP contribution in [0.25, 0.3) is 10.4 Å². The molecule has 5 atom stereocenters. The maximum atomic E-state index is 14.0. The second-order valence-corrected chi connectivity index (χ2v) is 21.0. The van der Waals surface area contributed by atoms with E-state index in [0.29, 0.717) is 27.6 Å². The van der Waals surface area contributed by atoms with Crippen LogP contribution >= 0.6 is 22.9 Å². The van der Waals surface area contributed by atoms with Gasteiger partial charge < -0.3 is 50.4 Å². The molecule has 0 radical (unpaired) electrons. The van der Waals surface area contributed by atoms with Crippen molar-refractivity contribution < 1.29 is 48.7 Å². The van der Waals surface area contributed by atoms with E-state index in [2.05, 4.69) is 20.9 Å². The molecule has 4 aromatic rings. The molecular formula is C50H61ClN6O10S. The van der Waals surface area contributed by atoms with Gasteiger partial charge in [0.25, 0.3) is 5.91 Å². The van der Waals surface area contributed by atoms with Gasteiger partial charge >= 0.3 is 0 Å². The second kappa shape index (κ2) is 21.4. The average molecular weight is 974 g/mol. The first-order chi connectivity index (χ1) is 32.0. The van der Waals surface area contributed by atoms with Crippen molar-refractivity contribution in [1.82, 2.24) is 25.8 Å². The minimum atomic E-state index is -1.44. The fourth-order valence-corrected chi connectivity index (χ4v) is 10.2. The average Bonchev–Trinajstić information content (AvgIpc) is 3.91. The Morgan fingerprint density at radius 1 is 0.971 bits per heavy atom. The van der Waals surface area contributed by atoms with Crippen LogP contribution in [-0.2, 0) is 25.7 Å². The summed E-state index contributed by atoms with van der Waals surface area (Å²) in [4.78, 5) is 60.6. The summed E-state index contributed by atoms with van der Waals surface area (Å²) < 4.78 is 17.4. The normalized spacial score (nSPS) is 20.8. The molecule has 1 saturated heterocycles. The first-order valence-electron chi connectivity index (χ1n) is 22.4. The molecule has 68 heavy (non-hydrogen) atoms. The number of hydrogen-bond donors (Lipinski definition) is 6. The van der Waals surface area contributed by atoms with Crippen molar-refractivity contribution in [1.29, 1.82) is 5.26 Å². The van der Waals surface area contributed by atoms with Crippen LogP contribution in [0.15, 0.2) is 72.2 Å². The number of β-amino-alcohol motifs (C(OH)–C–C–N with tert-alkyl or cyclic N) is 1. The number of amides is 4. The highest BCUT2D eigenvalue weighted by atomic mass is 35.5. The molecule has 6 N–H and O–H groups in total. The van der Waals surface area contributed by atoms with Crippen molar-refractivity contribution in [3.8, 4) is 28.0 Å². The summed E-state index contributed by atoms with van der Waals surface area (Å²) in [6.07, 6.45) is -4.00. The van der Waals surface area contributed by atoms with Gasteiger partial charge in [0.05, 0.1) is 39.4 Å². The summed E-state index contributed by atoms with van der Waals surface area (Å²) in [5.41, 5.74) is 3.64. The number of aliphatic hydroxyl groups is 3. The summed E-state index contributed by atoms with van der Waals surface area (Å²) in [6.45, 7) is 14.1. The Kier molecular flexibility index (Phi) is 16.3. The molecule has 2 aliphatic rings. The lowest BCUT2D eigenvalue weighted by Gasteiger charge is -2.63. The molecule has 1 aliphatic carbocycles. The number of nitriles is 1. The lowest BCUT2D eigenvalue weighted by Crippen LogP contribution is -2.74. The number of benzene rings is 3. The third-order valence-electron chi connectivity index (χ3n) is 12.6. The molecule has 1 aliphatic heterocycles. The zero-order valence-electron chi connectivity index (χ0n) is 39.5. The summed E-state index contributed by atoms with van der Waals surface area (Å²) >= 11 is 7.77. The fourth-order valence-electron chi connectivity index (χ4n) is 9.17. The first-order valence-corrected chi connectivity index (χ1v) is 23.7. The van der Waals surface area contributed by atoms with E-state index in [0.717, 1.165) is 21.7 Å². The molecule has 6 rings (SSSR count). The second-order valence-electron chi connectivity index (χ2n) is 19.7. The molecule has 18 heteroatoms. The van der Waals surface area contributed by atoms with E-state index in [9.17, 15) is 39.8 Å². The van der Waals surface area contributed by atoms with Crippen molar-refractivity contribution in [3.05, 3.63) is 99.6 Å². The Bertz CT molecular complexity index is 2470. The van der Waals surface area contributed by atoms with Gasteiger partial charge in [-0.2, -0.15) is 5.26 Å². The number of likely N-dealkylation sites (tertiary alicyclic amines) is 1. The van der Waals surface area contributed by atoms with Crippen LogP contribution in [-0.4, -0.2) is 118 Å². The Hall–Kier alpha value is -5.61. The number of rotatable bonds is 18. The SMILES string of the molecule is Cc1ncsc1-c1ccc(CNC(=O)[C@@H]2C[C@@H](O)CN2C(=O)[C@@H](NC(=O)COC[C@@H](O)[C@H](O)COc2ccc(C(=O)NC3C(C)(C)C(Oc4ccc(C#N)c(Cl)c4)C3(C)C)cc2)C(C)(C)C)cc1. The molecule has 3 aromatic carbocycles. The molecule has 16 nitrogen and oxygen atoms in total. The number of ether oxygens (including phenoxy) is 3. The number of thiazole rings is 1. The Morgan fingerprint density at radius 2 is 1.62 bits per heavy atom. The number of hydrogen-bond acceptors (Lipinski definition) is 13. The lowest BCUT2D eigenvalue weighted by atomic mass is 9.49. The van der Waals surface area contributed by atoms with Crippen molar-refractivity contribution >= 4 is 46.6 Å². The van der Waals surface area contributed by atoms with Gasteiger partial charge in [-0.3, -0.25) is 19.2 Å². The highest BCUT2D eigenvalue weighted by Gasteiger charge is 2.64. The van der Waals surface area contributed by atoms with Crippen LogP contribution in [0, 0.1) is 34.5 Å². The summed E-state index contributed by atoms with van der Waals surface area (Å²) in [5, 5.41) is 50.0. The number of nitrogens with one attached hydrogen (secondary N) is 3. The number of aryl methyl sites for hydroxylation is 1. The van der Waals surface area contributed by atoms with Crippen molar-refractivity contribution in [2.24, 2.45) is 16.2 Å². The highest BCUT2D eigenvalue weighted by Crippen LogP contribution is 2.55. The quantitative estimate of drug-likeness (QED) is 0.0758. The largest absolute Gasteiger partial charge is 0.491 e. The van der Waals surface area contributed by atoms with Crippen LogP contribution in [0.4, 0.5) is 0 Å². The van der Waals surface area contributed by atoms with Gasteiger partial charge in [0, 0.05) is 48.0 Å². The van der Waals surface area contributed by atoms with Crippen molar-refractivity contribution in [2.75, 3.05) is 26.4 Å². The molecular weight excluding hydrogens is 912 g/mol. The van der Waals surface area contributed by atoms with Crippen molar-refractivity contribution in [2.45, 2.75) is 111 Å². The zero-order chi connectivity index (χ0) is 49.7. The van der Waals surface area contributed by atoms with E-state index in [4.69, 9.17) is 25.8 Å². The molecule has 1 saturated carbocycles. The number of nitrogens with zero attached hydrogens (tertiary/aromatic N) is 3. The number of halogens is 1. The van der Waals surface area contributed by atoms with Crippen LogP contribution < -0.4 is 25.4 Å². The maximum Gasteiger partial charge on any atom is 0.251 e. The van der Waals surface area contributed by atoms with E-state index in [1.165, 1.54) is 4.90 Å². The molecule has 0 unspecified atom stereocenters. The third-order valence-corrected chi connectivity index (χ3v) is 13.9. The lowest BCUT2D eigenvalue weighted by molar-refractivity contribution is -0.164. The number of aliphatic hydroxyl groups excluding tert-OH is 3. The smallest absolute Gasteiger partial charge is 0.251 e. The van der Waals surface area contributed by atoms with Gasteiger partial charge in [0.1, 0.15) is 61.2 Å². The molecule has 0 bridgehead atoms. The van der Waals surface area contributed by atoms with Crippen LogP contribution in [0.2, 0.25) is 5.02 Å². The van der Waals surface area contributed by atoms with Crippen LogP contribution in [0.1, 0.15) is 82.1 Å². The monoisotopic (exact) mass is 972 g/mol. The van der Waals surface area contributed by atoms with Gasteiger partial charge in [-0.1, -0.05) is 84.3 Å². The summed E-state index contributed by atoms with van der Waals surface area (Å²) in [7, 11) is 0. The summed E-state index contributed by atoms with van der Waals surface area (Å²) in [6, 6.07) is 18.7. The van der Waals surface area contributed by atoms with Crippen LogP contribution in [0.5, 0.6) is 11.5 Å². The van der Waals surface area contributed by atoms with Crippen molar-refractivity contribution in [3.63, 3.8) is 0 Å². The number of carbonyl (C=O) groups excluding carboxylic acids is 4. The van der Waals surface area contributed by atoms with Gasteiger partial charge in [0.15, 0.2) is 0 Å². The molecule has 0 spiro atoms. The number of aromatic nitrogens is 1. The maximum absolute atomic E-state index is 14.0. The van der Waals surface area contributed by atoms with Gasteiger partial charge in [-0.15, -0.1) is 11.3 Å². The molecule has 1 aromatic heterocycles. The number of carbonyl (C=O) groups is 4. The Labute approximate surface area is 406 Å². The fraction of sp³-hybridized carbons (Fsp3) is 0.480. The zero-order valence-corrected chi connectivity index (χ0v) is 41.1. The van der Waals surface area contributed by atoms with Gasteiger partial charge in [-0.25, -0.2) is 4.98 Å². The highest BCUT2D eigenvalue weighted by molar-refractivity contribution is 7.13. The topological polar surface area (TPSA) is 233 Å². The molecule has 4 amide bonds. The van der Waals surface area contributed by atoms with E-state index >= 15 is 0 Å². The van der Waals surface area contributed by atoms with E-state index in [1.807, 2.05) is 65.0 Å². The molecule has 2 fully saturated rings. The Balaban J connectivity index is 0.930. The van der Waals surface area contributed by atoms with E-state index < -0.39 is 77.6 Å². The first kappa shape index (κ1) is 51.8. The summed E-state index contributed by atoms with van der Waals surface area (Å²) in [5.74, 6) is -1.05. The molecule has 364 valence electrons. The minimum Gasteiger partial charge on any atom is -0.491 e. The van der Waals surface area contributed by atoms with Gasteiger partial charge in [-0.05, 0) is 59.9 Å². The molecule has 2 heterocycles. The van der Waals surface area contributed by atoms with Crippen LogP contribution in [0.3, 0.4) is 0 Å². The van der Waals surface area contributed by atoms with E-state index in [-0.39, 0.29) is 44.2 Å². The third kappa shape index (κ3) is 12.0. The Morgan fingerprint density at radius 3 is 2.22 bits per heavy atom. The predicted molar refractivity (Wildman–Crippen MR) is 256 cm³/mol. The van der Waals surface area contributed by atoms with Gasteiger partial charge in [0.2, 0.25) is 17.7 Å². The standard InChI is InChI=1S/C50H61ClN6O10S/c1-28-41(68-27-54-28)30-11-9-29(10-12-30)22-53-44(63)37-19-33(58)23-57(37)45(64)42(48(2,3)4)55-40(61)26-65-24-38(59)39(60)25-66-34-16-13-31(14-17-34)43(62)56-46-49(5,6)47(50(46,7)8)67-35-18-15-32(21-52)36(51)20-35/h9-18,20,27,33,37-39,42,46-47,58-60H,19,22-26H2,1-8H3,(H,53,63)(H,55,61)(H,56,62)/t33-,37+,38-,39-,42-,46?,47?/m1/s1. The van der Waals surface area contributed by atoms with E-state index in [1.54, 1.807) is 80.1 Å². The predicted octanol–water partition coefficient (Wildman–Crippen LogP) is 5.18.